The van der Waals surface area contributed by atoms with Crippen LogP contribution in [-0.4, -0.2) is 5.88 Å². The average molecular weight is 262 g/mol. The van der Waals surface area contributed by atoms with Gasteiger partial charge in [-0.05, 0) is 36.5 Å². The van der Waals surface area contributed by atoms with Crippen LogP contribution in [0.5, 0.6) is 0 Å². The molecule has 1 rings (SSSR count). The predicted octanol–water partition coefficient (Wildman–Crippen LogP) is 4.06. The first-order chi connectivity index (χ1) is 6.27. The van der Waals surface area contributed by atoms with Crippen LogP contribution in [0.25, 0.3) is 0 Å². The zero-order valence-electron chi connectivity index (χ0n) is 7.82. The molecule has 1 aromatic rings. The standard InChI is InChI=1S/C11H14BrCl/c1-9-7-10(3-2-6-13)4-5-11(9)8-12/h4-5,7H,2-3,6,8H2,1H3. The molecule has 0 aliphatic heterocycles. The molecule has 0 unspecified atom stereocenters. The van der Waals surface area contributed by atoms with E-state index in [0.29, 0.717) is 0 Å². The number of rotatable bonds is 4. The van der Waals surface area contributed by atoms with Gasteiger partial charge in [0.1, 0.15) is 0 Å². The molecule has 0 aliphatic rings. The molecule has 0 atom stereocenters. The molecule has 0 nitrogen and oxygen atoms in total. The normalized spacial score (nSPS) is 10.4. The van der Waals surface area contributed by atoms with Gasteiger partial charge in [-0.1, -0.05) is 34.1 Å². The molecule has 13 heavy (non-hydrogen) atoms. The summed E-state index contributed by atoms with van der Waals surface area (Å²) in [6, 6.07) is 6.63. The van der Waals surface area contributed by atoms with Crippen LogP contribution >= 0.6 is 27.5 Å². The Morgan fingerprint density at radius 3 is 2.69 bits per heavy atom. The van der Waals surface area contributed by atoms with Gasteiger partial charge in [-0.25, -0.2) is 0 Å². The maximum atomic E-state index is 5.64. The van der Waals surface area contributed by atoms with E-state index in [1.807, 2.05) is 0 Å². The molecular formula is C11H14BrCl. The van der Waals surface area contributed by atoms with E-state index < -0.39 is 0 Å². The molecule has 2 heteroatoms. The molecule has 1 aromatic carbocycles. The van der Waals surface area contributed by atoms with Gasteiger partial charge in [0, 0.05) is 11.2 Å². The summed E-state index contributed by atoms with van der Waals surface area (Å²) >= 11 is 9.11. The maximum absolute atomic E-state index is 5.64. The second kappa shape index (κ2) is 5.66. The van der Waals surface area contributed by atoms with E-state index in [-0.39, 0.29) is 0 Å². The summed E-state index contributed by atoms with van der Waals surface area (Å²) in [4.78, 5) is 0. The van der Waals surface area contributed by atoms with E-state index in [1.54, 1.807) is 0 Å². The average Bonchev–Trinajstić information content (AvgIpc) is 2.15. The fraction of sp³-hybridized carbons (Fsp3) is 0.455. The number of aryl methyl sites for hydroxylation is 2. The highest BCUT2D eigenvalue weighted by molar-refractivity contribution is 9.08. The van der Waals surface area contributed by atoms with Crippen LogP contribution in [-0.2, 0) is 11.8 Å². The molecule has 0 aromatic heterocycles. The van der Waals surface area contributed by atoms with E-state index >= 15 is 0 Å². The van der Waals surface area contributed by atoms with E-state index in [2.05, 4.69) is 41.1 Å². The third-order valence-electron chi connectivity index (χ3n) is 2.15. The number of benzene rings is 1. The van der Waals surface area contributed by atoms with Crippen molar-refractivity contribution in [1.29, 1.82) is 0 Å². The fourth-order valence-electron chi connectivity index (χ4n) is 1.33. The molecule has 72 valence electrons. The Bertz CT molecular complexity index is 271. The quantitative estimate of drug-likeness (QED) is 0.717. The smallest absolute Gasteiger partial charge is 0.0285 e. The van der Waals surface area contributed by atoms with Crippen LogP contribution < -0.4 is 0 Å². The van der Waals surface area contributed by atoms with Crippen molar-refractivity contribution in [2.24, 2.45) is 0 Å². The Kier molecular flexibility index (Phi) is 4.82. The second-order valence-electron chi connectivity index (χ2n) is 3.19. The number of hydrogen-bond acceptors (Lipinski definition) is 0. The lowest BCUT2D eigenvalue weighted by atomic mass is 10.0. The molecule has 0 bridgehead atoms. The van der Waals surface area contributed by atoms with Crippen molar-refractivity contribution >= 4 is 27.5 Å². The molecule has 0 heterocycles. The van der Waals surface area contributed by atoms with Crippen LogP contribution in [0, 0.1) is 6.92 Å². The molecule has 0 N–H and O–H groups in total. The van der Waals surface area contributed by atoms with Gasteiger partial charge in [0.05, 0.1) is 0 Å². The van der Waals surface area contributed by atoms with E-state index in [0.717, 1.165) is 24.1 Å². The van der Waals surface area contributed by atoms with E-state index in [9.17, 15) is 0 Å². The van der Waals surface area contributed by atoms with E-state index in [1.165, 1.54) is 16.7 Å². The van der Waals surface area contributed by atoms with Gasteiger partial charge < -0.3 is 0 Å². The fourth-order valence-corrected chi connectivity index (χ4v) is 2.10. The van der Waals surface area contributed by atoms with Crippen LogP contribution in [0.1, 0.15) is 23.1 Å². The van der Waals surface area contributed by atoms with Crippen molar-refractivity contribution < 1.29 is 0 Å². The molecule has 0 radical (unpaired) electrons. The zero-order chi connectivity index (χ0) is 9.68. The molecular weight excluding hydrogens is 247 g/mol. The van der Waals surface area contributed by atoms with Crippen LogP contribution in [0.4, 0.5) is 0 Å². The maximum Gasteiger partial charge on any atom is 0.0285 e. The van der Waals surface area contributed by atoms with Crippen molar-refractivity contribution in [1.82, 2.24) is 0 Å². The minimum atomic E-state index is 0.749. The Morgan fingerprint density at radius 1 is 1.38 bits per heavy atom. The Labute approximate surface area is 93.4 Å². The van der Waals surface area contributed by atoms with Gasteiger partial charge in [0.15, 0.2) is 0 Å². The summed E-state index contributed by atoms with van der Waals surface area (Å²) in [7, 11) is 0. The van der Waals surface area contributed by atoms with Crippen LogP contribution in [0.15, 0.2) is 18.2 Å². The topological polar surface area (TPSA) is 0 Å². The minimum Gasteiger partial charge on any atom is -0.127 e. The lowest BCUT2D eigenvalue weighted by molar-refractivity contribution is 0.926. The molecule has 0 amide bonds. The summed E-state index contributed by atoms with van der Waals surface area (Å²) in [6.07, 6.45) is 2.15. The first-order valence-electron chi connectivity index (χ1n) is 4.48. The molecule has 0 aliphatic carbocycles. The monoisotopic (exact) mass is 260 g/mol. The Balaban J connectivity index is 2.71. The molecule has 0 saturated heterocycles. The van der Waals surface area contributed by atoms with Gasteiger partial charge in [-0.15, -0.1) is 11.6 Å². The third kappa shape index (κ3) is 3.32. The Morgan fingerprint density at radius 2 is 2.15 bits per heavy atom. The molecule has 0 saturated carbocycles. The van der Waals surface area contributed by atoms with Crippen molar-refractivity contribution in [3.05, 3.63) is 34.9 Å². The second-order valence-corrected chi connectivity index (χ2v) is 4.13. The minimum absolute atomic E-state index is 0.749. The number of alkyl halides is 2. The zero-order valence-corrected chi connectivity index (χ0v) is 10.2. The summed E-state index contributed by atoms with van der Waals surface area (Å²) in [5, 5.41) is 0.939. The SMILES string of the molecule is Cc1cc(CCCCl)ccc1CBr. The summed E-state index contributed by atoms with van der Waals surface area (Å²) in [6.45, 7) is 2.15. The molecule has 0 fully saturated rings. The highest BCUT2D eigenvalue weighted by Gasteiger charge is 1.98. The lowest BCUT2D eigenvalue weighted by Crippen LogP contribution is -1.90. The van der Waals surface area contributed by atoms with Crippen LogP contribution in [0.2, 0.25) is 0 Å². The van der Waals surface area contributed by atoms with Crippen molar-refractivity contribution in [3.63, 3.8) is 0 Å². The van der Waals surface area contributed by atoms with Crippen molar-refractivity contribution in [2.45, 2.75) is 25.1 Å². The predicted molar refractivity (Wildman–Crippen MR) is 62.9 cm³/mol. The van der Waals surface area contributed by atoms with Gasteiger partial charge in [-0.3, -0.25) is 0 Å². The van der Waals surface area contributed by atoms with Crippen molar-refractivity contribution in [2.75, 3.05) is 5.88 Å². The summed E-state index contributed by atoms with van der Waals surface area (Å²) in [5.41, 5.74) is 4.13. The van der Waals surface area contributed by atoms with Gasteiger partial charge in [-0.2, -0.15) is 0 Å². The summed E-state index contributed by atoms with van der Waals surface area (Å²) < 4.78 is 0. The highest BCUT2D eigenvalue weighted by atomic mass is 79.9. The number of halogens is 2. The Hall–Kier alpha value is -0.0100. The van der Waals surface area contributed by atoms with Crippen LogP contribution in [0.3, 0.4) is 0 Å². The van der Waals surface area contributed by atoms with E-state index in [4.69, 9.17) is 11.6 Å². The van der Waals surface area contributed by atoms with Crippen molar-refractivity contribution in [3.8, 4) is 0 Å². The largest absolute Gasteiger partial charge is 0.127 e. The third-order valence-corrected chi connectivity index (χ3v) is 3.02. The van der Waals surface area contributed by atoms with Gasteiger partial charge in [0.2, 0.25) is 0 Å². The highest BCUT2D eigenvalue weighted by Crippen LogP contribution is 2.15. The lowest BCUT2D eigenvalue weighted by Gasteiger charge is -2.05. The van der Waals surface area contributed by atoms with Gasteiger partial charge >= 0.3 is 0 Å². The van der Waals surface area contributed by atoms with Gasteiger partial charge in [0.25, 0.3) is 0 Å². The number of hydrogen-bond donors (Lipinski definition) is 0. The first-order valence-corrected chi connectivity index (χ1v) is 6.14. The molecule has 0 spiro atoms. The summed E-state index contributed by atoms with van der Waals surface area (Å²) in [5.74, 6) is 0.749. The first kappa shape index (κ1) is 11.1.